The van der Waals surface area contributed by atoms with Gasteiger partial charge in [0.25, 0.3) is 0 Å². The molecule has 0 spiro atoms. The molecule has 0 aliphatic carbocycles. The van der Waals surface area contributed by atoms with E-state index in [1.165, 1.54) is 218 Å². The summed E-state index contributed by atoms with van der Waals surface area (Å²) in [4.78, 5) is 13.1. The molecule has 1 aliphatic rings. The van der Waals surface area contributed by atoms with Gasteiger partial charge >= 0.3 is 0 Å². The van der Waals surface area contributed by atoms with Crippen molar-refractivity contribution in [2.45, 2.75) is 351 Å². The van der Waals surface area contributed by atoms with E-state index in [2.05, 4.69) is 31.3 Å². The number of amides is 1. The number of aliphatic hydroxyl groups is 7. The molecular weight excluding hydrogens is 895 g/mol. The van der Waals surface area contributed by atoms with Gasteiger partial charge in [-0.1, -0.05) is 270 Å². The number of nitrogens with one attached hydrogen (secondary N) is 1. The van der Waals surface area contributed by atoms with Gasteiger partial charge < -0.3 is 50.5 Å². The maximum absolute atomic E-state index is 13.1. The second-order valence-corrected chi connectivity index (χ2v) is 21.8. The summed E-state index contributed by atoms with van der Waals surface area (Å²) in [6, 6.07) is -1.16. The first kappa shape index (κ1) is 67.9. The van der Waals surface area contributed by atoms with Gasteiger partial charge in [-0.25, -0.2) is 0 Å². The number of allylic oxidation sites excluding steroid dienone is 2. The van der Waals surface area contributed by atoms with Gasteiger partial charge in [0.1, 0.15) is 36.6 Å². The molecule has 1 saturated heterocycles. The number of hydrogen-bond donors (Lipinski definition) is 8. The highest BCUT2D eigenvalue weighted by atomic mass is 16.7. The Hall–Kier alpha value is -1.15. The molecule has 422 valence electrons. The number of rotatable bonds is 53. The molecule has 9 unspecified atom stereocenters. The predicted molar refractivity (Wildman–Crippen MR) is 293 cm³/mol. The molecule has 11 nitrogen and oxygen atoms in total. The first-order chi connectivity index (χ1) is 34.7. The van der Waals surface area contributed by atoms with Crippen molar-refractivity contribution in [3.63, 3.8) is 0 Å². The Morgan fingerprint density at radius 2 is 0.817 bits per heavy atom. The lowest BCUT2D eigenvalue weighted by Crippen LogP contribution is -2.60. The molecule has 9 atom stereocenters. The van der Waals surface area contributed by atoms with Crippen molar-refractivity contribution in [3.8, 4) is 0 Å². The van der Waals surface area contributed by atoms with E-state index in [1.807, 2.05) is 0 Å². The quantitative estimate of drug-likeness (QED) is 0.0215. The van der Waals surface area contributed by atoms with E-state index in [1.54, 1.807) is 0 Å². The summed E-state index contributed by atoms with van der Waals surface area (Å²) < 4.78 is 11.1. The normalized spacial score (nSPS) is 20.2. The van der Waals surface area contributed by atoms with E-state index < -0.39 is 74.2 Å². The minimum Gasteiger partial charge on any atom is -0.394 e. The fourth-order valence-corrected chi connectivity index (χ4v) is 10.1. The average molecular weight is 1010 g/mol. The first-order valence-electron chi connectivity index (χ1n) is 30.6. The Bertz CT molecular complexity index is 1160. The average Bonchev–Trinajstić information content (AvgIpc) is 3.37. The highest BCUT2D eigenvalue weighted by molar-refractivity contribution is 5.80. The molecule has 0 saturated carbocycles. The van der Waals surface area contributed by atoms with Crippen LogP contribution in [-0.2, 0) is 14.3 Å². The van der Waals surface area contributed by atoms with Crippen molar-refractivity contribution >= 4 is 5.91 Å². The van der Waals surface area contributed by atoms with Crippen molar-refractivity contribution < 1.29 is 50.0 Å². The molecule has 0 radical (unpaired) electrons. The van der Waals surface area contributed by atoms with Crippen molar-refractivity contribution in [2.75, 3.05) is 13.2 Å². The third kappa shape index (κ3) is 38.1. The Labute approximate surface area is 436 Å². The highest BCUT2D eigenvalue weighted by Crippen LogP contribution is 2.24. The van der Waals surface area contributed by atoms with E-state index in [9.17, 15) is 40.5 Å². The van der Waals surface area contributed by atoms with Crippen LogP contribution in [-0.4, -0.2) is 110 Å². The zero-order chi connectivity index (χ0) is 51.8. The molecule has 1 rings (SSSR count). The summed E-state index contributed by atoms with van der Waals surface area (Å²) in [6.07, 6.45) is 47.7. The van der Waals surface area contributed by atoms with Crippen molar-refractivity contribution in [3.05, 3.63) is 12.2 Å². The fourth-order valence-electron chi connectivity index (χ4n) is 10.1. The summed E-state index contributed by atoms with van der Waals surface area (Å²) >= 11 is 0. The van der Waals surface area contributed by atoms with E-state index in [0.717, 1.165) is 38.5 Å². The summed E-state index contributed by atoms with van der Waals surface area (Å²) in [5, 5.41) is 75.7. The van der Waals surface area contributed by atoms with Gasteiger partial charge in [-0.05, 0) is 38.5 Å². The second kappa shape index (κ2) is 49.7. The molecule has 1 amide bonds. The minimum atomic E-state index is -1.66. The molecule has 1 aliphatic heterocycles. The molecule has 0 aromatic heterocycles. The molecule has 0 aromatic rings. The lowest BCUT2D eigenvalue weighted by atomic mass is 9.98. The number of hydrogen-bond acceptors (Lipinski definition) is 10. The Kier molecular flexibility index (Phi) is 47.5. The van der Waals surface area contributed by atoms with Crippen LogP contribution < -0.4 is 5.32 Å². The van der Waals surface area contributed by atoms with Gasteiger partial charge in [0.15, 0.2) is 6.29 Å². The topological polar surface area (TPSA) is 189 Å². The lowest BCUT2D eigenvalue weighted by molar-refractivity contribution is -0.303. The summed E-state index contributed by atoms with van der Waals surface area (Å²) in [5.41, 5.74) is 0. The van der Waals surface area contributed by atoms with Gasteiger partial charge in [0.2, 0.25) is 5.91 Å². The highest BCUT2D eigenvalue weighted by Gasteiger charge is 2.44. The van der Waals surface area contributed by atoms with Crippen LogP contribution in [0.5, 0.6) is 0 Å². The third-order valence-electron chi connectivity index (χ3n) is 15.1. The second-order valence-electron chi connectivity index (χ2n) is 21.8. The molecule has 0 bridgehead atoms. The smallest absolute Gasteiger partial charge is 0.249 e. The maximum atomic E-state index is 13.1. The molecule has 0 aromatic carbocycles. The number of aliphatic hydroxyl groups excluding tert-OH is 7. The van der Waals surface area contributed by atoms with Crippen LogP contribution in [0.25, 0.3) is 0 Å². The fraction of sp³-hybridized carbons (Fsp3) is 0.950. The van der Waals surface area contributed by atoms with Gasteiger partial charge in [-0.15, -0.1) is 0 Å². The van der Waals surface area contributed by atoms with Gasteiger partial charge in [0.05, 0.1) is 25.4 Å². The van der Waals surface area contributed by atoms with Crippen LogP contribution in [0.4, 0.5) is 0 Å². The van der Waals surface area contributed by atoms with E-state index in [0.29, 0.717) is 19.3 Å². The van der Waals surface area contributed by atoms with Crippen LogP contribution in [0.15, 0.2) is 12.2 Å². The lowest BCUT2D eigenvalue weighted by Gasteiger charge is -2.40. The van der Waals surface area contributed by atoms with Crippen molar-refractivity contribution in [1.82, 2.24) is 5.32 Å². The van der Waals surface area contributed by atoms with Crippen LogP contribution in [0.3, 0.4) is 0 Å². The predicted octanol–water partition coefficient (Wildman–Crippen LogP) is 13.1. The third-order valence-corrected chi connectivity index (χ3v) is 15.1. The number of carbonyl (C=O) groups is 1. The number of carbonyl (C=O) groups excluding carboxylic acids is 1. The summed E-state index contributed by atoms with van der Waals surface area (Å²) in [7, 11) is 0. The zero-order valence-electron chi connectivity index (χ0n) is 46.2. The Balaban J connectivity index is 2.07. The molecule has 11 heteroatoms. The Morgan fingerprint density at radius 3 is 1.18 bits per heavy atom. The van der Waals surface area contributed by atoms with E-state index >= 15 is 0 Å². The standard InChI is InChI=1S/C60H117NO10/c1-3-5-7-9-11-13-14-15-16-17-18-19-20-21-22-23-24-25-26-27-28-29-30-31-32-33-34-35-36-37-38-39-40-42-44-46-48-53(64)59(69)61-51(50-70-60-58(68)57(67)56(66)54(49-62)71-60)55(65)52(63)47-45-43-41-12-10-8-6-4-2/h25-26,51-58,60,62-68H,3-24,27-50H2,1-2H3,(H,61,69)/b26-25-. The van der Waals surface area contributed by atoms with Crippen LogP contribution in [0.1, 0.15) is 296 Å². The summed E-state index contributed by atoms with van der Waals surface area (Å²) in [5.74, 6) is -0.695. The molecule has 1 heterocycles. The van der Waals surface area contributed by atoms with Gasteiger partial charge in [0, 0.05) is 0 Å². The van der Waals surface area contributed by atoms with E-state index in [4.69, 9.17) is 9.47 Å². The van der Waals surface area contributed by atoms with Gasteiger partial charge in [-0.2, -0.15) is 0 Å². The van der Waals surface area contributed by atoms with Crippen molar-refractivity contribution in [2.24, 2.45) is 0 Å². The van der Waals surface area contributed by atoms with E-state index in [-0.39, 0.29) is 6.42 Å². The van der Waals surface area contributed by atoms with Crippen LogP contribution in [0.2, 0.25) is 0 Å². The van der Waals surface area contributed by atoms with Gasteiger partial charge in [-0.3, -0.25) is 4.79 Å². The first-order valence-corrected chi connectivity index (χ1v) is 30.6. The maximum Gasteiger partial charge on any atom is 0.249 e. The zero-order valence-corrected chi connectivity index (χ0v) is 46.2. The number of ether oxygens (including phenoxy) is 2. The molecular formula is C60H117NO10. The molecule has 8 N–H and O–H groups in total. The largest absolute Gasteiger partial charge is 0.394 e. The minimum absolute atomic E-state index is 0.264. The molecule has 1 fully saturated rings. The van der Waals surface area contributed by atoms with Crippen LogP contribution in [0, 0.1) is 0 Å². The summed E-state index contributed by atoms with van der Waals surface area (Å²) in [6.45, 7) is 3.43. The molecule has 71 heavy (non-hydrogen) atoms. The van der Waals surface area contributed by atoms with Crippen LogP contribution >= 0.6 is 0 Å². The Morgan fingerprint density at radius 1 is 0.479 bits per heavy atom. The SMILES string of the molecule is CCCCCCCCCCCCCCCCCC/C=C\CCCCCCCCCCCCCCCCCCC(O)C(=O)NC(COC1OC(CO)C(O)C(O)C1O)C(O)C(O)CCCCCCCCCC. The number of unbranched alkanes of at least 4 members (excludes halogenated alkanes) is 39. The monoisotopic (exact) mass is 1010 g/mol. The van der Waals surface area contributed by atoms with Crippen molar-refractivity contribution in [1.29, 1.82) is 0 Å².